The van der Waals surface area contributed by atoms with Gasteiger partial charge in [-0.05, 0) is 124 Å². The first kappa shape index (κ1) is 42.0. The molecule has 0 radical (unpaired) electrons. The Kier molecular flexibility index (Phi) is 12.3. The van der Waals surface area contributed by atoms with Crippen molar-refractivity contribution < 1.29 is 19.1 Å². The van der Waals surface area contributed by atoms with Crippen molar-refractivity contribution in [3.8, 4) is 11.1 Å². The quantitative estimate of drug-likeness (QED) is 0.214. The lowest BCUT2D eigenvalue weighted by atomic mass is 9.93. The van der Waals surface area contributed by atoms with Crippen LogP contribution in [0.25, 0.3) is 22.3 Å². The number of aliphatic imine (C=N–C) groups is 2. The van der Waals surface area contributed by atoms with Crippen LogP contribution < -0.4 is 0 Å². The Bertz CT molecular complexity index is 2240. The van der Waals surface area contributed by atoms with Gasteiger partial charge in [-0.3, -0.25) is 24.5 Å². The van der Waals surface area contributed by atoms with Crippen molar-refractivity contribution in [2.75, 3.05) is 39.3 Å². The zero-order valence-corrected chi connectivity index (χ0v) is 36.8. The summed E-state index contributed by atoms with van der Waals surface area (Å²) in [6, 6.07) is 27.7. The zero-order valence-electron chi connectivity index (χ0n) is 36.8. The van der Waals surface area contributed by atoms with Crippen molar-refractivity contribution in [3.63, 3.8) is 0 Å². The molecule has 0 unspecified atom stereocenters. The van der Waals surface area contributed by atoms with Crippen LogP contribution in [0.4, 0.5) is 4.79 Å². The Balaban J connectivity index is 0.776. The van der Waals surface area contributed by atoms with E-state index in [-0.39, 0.29) is 42.0 Å². The summed E-state index contributed by atoms with van der Waals surface area (Å²) >= 11 is 0. The number of hydrogen-bond acceptors (Lipinski definition) is 7. The van der Waals surface area contributed by atoms with Crippen molar-refractivity contribution >= 4 is 40.5 Å². The van der Waals surface area contributed by atoms with E-state index in [0.29, 0.717) is 25.9 Å². The zero-order chi connectivity index (χ0) is 42.8. The van der Waals surface area contributed by atoms with E-state index in [1.807, 2.05) is 39.2 Å². The van der Waals surface area contributed by atoms with E-state index < -0.39 is 5.60 Å². The molecule has 0 bridgehead atoms. The van der Waals surface area contributed by atoms with Crippen LogP contribution in [-0.2, 0) is 14.3 Å². The van der Waals surface area contributed by atoms with Gasteiger partial charge >= 0.3 is 6.09 Å². The summed E-state index contributed by atoms with van der Waals surface area (Å²) < 4.78 is 5.56. The highest BCUT2D eigenvalue weighted by Crippen LogP contribution is 2.36. The van der Waals surface area contributed by atoms with E-state index >= 15 is 0 Å². The van der Waals surface area contributed by atoms with E-state index in [4.69, 9.17) is 14.7 Å². The molecular formula is C52H62N6O4. The van der Waals surface area contributed by atoms with Gasteiger partial charge in [-0.2, -0.15) is 0 Å². The summed E-state index contributed by atoms with van der Waals surface area (Å²) in [5, 5.41) is 0. The minimum absolute atomic E-state index is 0.0328. The minimum Gasteiger partial charge on any atom is -0.444 e. The number of carbonyl (C=O) groups is 3. The van der Waals surface area contributed by atoms with Gasteiger partial charge in [-0.15, -0.1) is 0 Å². The summed E-state index contributed by atoms with van der Waals surface area (Å²) in [6.07, 6.45) is 14.0. The first-order valence-electron chi connectivity index (χ1n) is 23.2. The molecule has 0 saturated carbocycles. The molecule has 0 N–H and O–H groups in total. The number of nitrogens with zero attached hydrogens (tertiary/aromatic N) is 6. The molecule has 3 amide bonds. The molecule has 0 aliphatic carbocycles. The smallest absolute Gasteiger partial charge is 0.410 e. The number of ether oxygens (including phenoxy) is 1. The molecule has 6 aliphatic heterocycles. The average Bonchev–Trinajstić information content (AvgIpc) is 4.14. The molecule has 3 aromatic carbocycles. The number of carbonyl (C=O) groups excluding carboxylic acids is 3. The number of allylic oxidation sites excluding steroid dienone is 2. The second-order valence-corrected chi connectivity index (χ2v) is 19.1. The Morgan fingerprint density at radius 3 is 1.66 bits per heavy atom. The van der Waals surface area contributed by atoms with Gasteiger partial charge in [0.2, 0.25) is 11.8 Å². The molecule has 62 heavy (non-hydrogen) atoms. The van der Waals surface area contributed by atoms with Gasteiger partial charge in [-0.1, -0.05) is 85.3 Å². The Morgan fingerprint density at radius 2 is 1.11 bits per heavy atom. The third-order valence-electron chi connectivity index (χ3n) is 13.8. The second kappa shape index (κ2) is 18.2. The standard InChI is InChI=1S/C52H62N6O4/c1-52(2,3)62-51(61)56-30-24-41(25-31-56)49(59)57-28-10-14-46(57)44-32-42(34-53-44)38-20-16-36(17-21-38)37-18-22-39(23-19-37)43-33-45(54-35-43)47-15-11-29-58(47)50(60)48(40-12-6-4-7-13-40)55-26-8-5-9-27-55/h4,6-7,12-13,16-23,34-35,41,46-48H,5,8-11,14-15,24-33H2,1-3H3/t46-,47-,48+/m0/s1. The van der Waals surface area contributed by atoms with E-state index in [0.717, 1.165) is 111 Å². The summed E-state index contributed by atoms with van der Waals surface area (Å²) in [7, 11) is 0. The minimum atomic E-state index is -0.531. The molecule has 6 heterocycles. The number of amides is 3. The number of hydrogen-bond donors (Lipinski definition) is 0. The Hall–Kier alpha value is -5.35. The van der Waals surface area contributed by atoms with E-state index in [9.17, 15) is 14.4 Å². The molecule has 10 heteroatoms. The fraction of sp³-hybridized carbons (Fsp3) is 0.481. The highest BCUT2D eigenvalue weighted by molar-refractivity contribution is 6.04. The molecule has 9 rings (SSSR count). The molecule has 10 nitrogen and oxygen atoms in total. The van der Waals surface area contributed by atoms with Gasteiger partial charge in [0.25, 0.3) is 0 Å². The van der Waals surface area contributed by atoms with Crippen molar-refractivity contribution in [1.29, 1.82) is 0 Å². The molecular weight excluding hydrogens is 773 g/mol. The van der Waals surface area contributed by atoms with Crippen LogP contribution in [0, 0.1) is 5.92 Å². The van der Waals surface area contributed by atoms with Gasteiger partial charge in [0.15, 0.2) is 0 Å². The van der Waals surface area contributed by atoms with Crippen molar-refractivity contribution in [1.82, 2.24) is 19.6 Å². The van der Waals surface area contributed by atoms with E-state index in [1.54, 1.807) is 4.90 Å². The fourth-order valence-corrected chi connectivity index (χ4v) is 10.5. The first-order chi connectivity index (χ1) is 30.1. The normalized spacial score (nSPS) is 22.9. The summed E-state index contributed by atoms with van der Waals surface area (Å²) in [5.74, 6) is 0.351. The maximum absolute atomic E-state index is 14.4. The molecule has 6 aliphatic rings. The monoisotopic (exact) mass is 834 g/mol. The number of rotatable bonds is 9. The second-order valence-electron chi connectivity index (χ2n) is 19.1. The van der Waals surface area contributed by atoms with Crippen molar-refractivity contribution in [3.05, 3.63) is 108 Å². The highest BCUT2D eigenvalue weighted by atomic mass is 16.6. The topological polar surface area (TPSA) is 98.1 Å². The molecule has 0 spiro atoms. The van der Waals surface area contributed by atoms with Gasteiger partial charge < -0.3 is 19.4 Å². The Labute approximate surface area is 367 Å². The SMILES string of the molecule is CC(C)(C)OC(=O)N1CCC(C(=O)N2CCC[C@H]2C2=NC=C(c3ccc(-c4ccc(C5=CN=C([C@@H]6CCCN6C(=O)[C@@H](c6ccccc6)N6CCCCC6)C5)cc4)cc3)C2)CC1. The predicted octanol–water partition coefficient (Wildman–Crippen LogP) is 9.58. The fourth-order valence-electron chi connectivity index (χ4n) is 10.5. The van der Waals surface area contributed by atoms with E-state index in [1.165, 1.54) is 23.1 Å². The maximum Gasteiger partial charge on any atom is 0.410 e. The highest BCUT2D eigenvalue weighted by Gasteiger charge is 2.41. The molecule has 3 aromatic rings. The van der Waals surface area contributed by atoms with Gasteiger partial charge in [0.05, 0.1) is 12.1 Å². The van der Waals surface area contributed by atoms with Crippen LogP contribution in [0.5, 0.6) is 0 Å². The first-order valence-corrected chi connectivity index (χ1v) is 23.2. The molecule has 4 saturated heterocycles. The van der Waals surface area contributed by atoms with E-state index in [2.05, 4.69) is 87.5 Å². The van der Waals surface area contributed by atoms with Crippen LogP contribution in [0.2, 0.25) is 0 Å². The van der Waals surface area contributed by atoms with Crippen LogP contribution in [0.15, 0.2) is 101 Å². The van der Waals surface area contributed by atoms with Gasteiger partial charge in [0.1, 0.15) is 11.6 Å². The van der Waals surface area contributed by atoms with Crippen molar-refractivity contribution in [2.45, 2.75) is 115 Å². The number of benzene rings is 3. The molecule has 4 fully saturated rings. The number of piperidine rings is 2. The number of likely N-dealkylation sites (tertiary alicyclic amines) is 4. The van der Waals surface area contributed by atoms with Crippen LogP contribution in [0.3, 0.4) is 0 Å². The molecule has 0 aromatic heterocycles. The molecule has 324 valence electrons. The lowest BCUT2D eigenvalue weighted by Crippen LogP contribution is -2.48. The third kappa shape index (κ3) is 9.08. The maximum atomic E-state index is 14.4. The Morgan fingerprint density at radius 1 is 0.597 bits per heavy atom. The summed E-state index contributed by atoms with van der Waals surface area (Å²) in [4.78, 5) is 59.0. The van der Waals surface area contributed by atoms with Crippen LogP contribution >= 0.6 is 0 Å². The summed E-state index contributed by atoms with van der Waals surface area (Å²) in [5.41, 5.74) is 9.77. The molecule has 3 atom stereocenters. The lowest BCUT2D eigenvalue weighted by Gasteiger charge is -2.37. The lowest BCUT2D eigenvalue weighted by molar-refractivity contribution is -0.138. The predicted molar refractivity (Wildman–Crippen MR) is 247 cm³/mol. The summed E-state index contributed by atoms with van der Waals surface area (Å²) in [6.45, 7) is 10.2. The average molecular weight is 835 g/mol. The van der Waals surface area contributed by atoms with Crippen molar-refractivity contribution in [2.24, 2.45) is 15.9 Å². The largest absolute Gasteiger partial charge is 0.444 e. The van der Waals surface area contributed by atoms with Crippen LogP contribution in [0.1, 0.15) is 114 Å². The van der Waals surface area contributed by atoms with Crippen LogP contribution in [-0.4, -0.2) is 106 Å². The van der Waals surface area contributed by atoms with Gasteiger partial charge in [-0.25, -0.2) is 4.79 Å². The third-order valence-corrected chi connectivity index (χ3v) is 13.8. The van der Waals surface area contributed by atoms with Gasteiger partial charge in [0, 0.05) is 68.8 Å².